The maximum absolute atomic E-state index is 12.8. The number of sulfonamides is 1. The summed E-state index contributed by atoms with van der Waals surface area (Å²) in [6.45, 7) is 1.84. The Bertz CT molecular complexity index is 1260. The van der Waals surface area contributed by atoms with Crippen molar-refractivity contribution in [3.8, 4) is 0 Å². The molecule has 1 aromatic heterocycles. The van der Waals surface area contributed by atoms with E-state index in [-0.39, 0.29) is 26.4 Å². The molecule has 2 N–H and O–H groups in total. The maximum Gasteiger partial charge on any atom is 0.316 e. The standard InChI is InChI=1S/C19H17ClN4O5S3/c1-11-4-3-5-13(8-11)24-32(27,28)15-9-12(6-7-14(15)20)17(26)21-18-22-23-19(31-18)30-10-16(25)29-2/h3-9,24H,10H2,1-2H3,(H,21,22,26). The van der Waals surface area contributed by atoms with Crippen molar-refractivity contribution in [1.82, 2.24) is 10.2 Å². The number of aryl methyl sites for hydroxylation is 1. The molecule has 13 heteroatoms. The van der Waals surface area contributed by atoms with E-state index in [2.05, 4.69) is 25.0 Å². The van der Waals surface area contributed by atoms with E-state index >= 15 is 0 Å². The SMILES string of the molecule is COC(=O)CSc1nnc(NC(=O)c2ccc(Cl)c(S(=O)(=O)Nc3cccc(C)c3)c2)s1. The first-order valence-corrected chi connectivity index (χ1v) is 12.6. The van der Waals surface area contributed by atoms with Gasteiger partial charge in [0.25, 0.3) is 15.9 Å². The zero-order valence-corrected chi connectivity index (χ0v) is 20.0. The summed E-state index contributed by atoms with van der Waals surface area (Å²) < 4.78 is 33.1. The molecule has 2 aromatic carbocycles. The highest BCUT2D eigenvalue weighted by Gasteiger charge is 2.21. The fourth-order valence-electron chi connectivity index (χ4n) is 2.44. The molecule has 0 bridgehead atoms. The van der Waals surface area contributed by atoms with Crippen LogP contribution in [0.25, 0.3) is 0 Å². The lowest BCUT2D eigenvalue weighted by atomic mass is 10.2. The Hall–Kier alpha value is -2.67. The lowest BCUT2D eigenvalue weighted by Crippen LogP contribution is -2.16. The van der Waals surface area contributed by atoms with Gasteiger partial charge in [0, 0.05) is 11.3 Å². The largest absolute Gasteiger partial charge is 0.468 e. The van der Waals surface area contributed by atoms with Gasteiger partial charge in [-0.15, -0.1) is 10.2 Å². The van der Waals surface area contributed by atoms with E-state index in [9.17, 15) is 18.0 Å². The molecule has 0 fully saturated rings. The van der Waals surface area contributed by atoms with E-state index < -0.39 is 21.9 Å². The van der Waals surface area contributed by atoms with E-state index in [4.69, 9.17) is 11.6 Å². The summed E-state index contributed by atoms with van der Waals surface area (Å²) in [5, 5.41) is 10.4. The first-order valence-electron chi connectivity index (χ1n) is 8.91. The van der Waals surface area contributed by atoms with Crippen molar-refractivity contribution < 1.29 is 22.7 Å². The minimum absolute atomic E-state index is 0.0286. The van der Waals surface area contributed by atoms with Gasteiger partial charge in [-0.3, -0.25) is 19.6 Å². The molecule has 168 valence electrons. The van der Waals surface area contributed by atoms with Crippen LogP contribution in [0.5, 0.6) is 0 Å². The smallest absolute Gasteiger partial charge is 0.316 e. The molecular weight excluding hydrogens is 496 g/mol. The van der Waals surface area contributed by atoms with Crippen molar-refractivity contribution in [2.45, 2.75) is 16.2 Å². The molecular formula is C19H17ClN4O5S3. The summed E-state index contributed by atoms with van der Waals surface area (Å²) in [5.41, 5.74) is 1.32. The molecule has 0 unspecified atom stereocenters. The predicted molar refractivity (Wildman–Crippen MR) is 124 cm³/mol. The second-order valence-corrected chi connectivity index (χ2v) is 10.6. The summed E-state index contributed by atoms with van der Waals surface area (Å²) >= 11 is 8.30. The number of aromatic nitrogens is 2. The summed E-state index contributed by atoms with van der Waals surface area (Å²) in [6.07, 6.45) is 0. The topological polar surface area (TPSA) is 127 Å². The van der Waals surface area contributed by atoms with Gasteiger partial charge in [-0.1, -0.05) is 46.8 Å². The van der Waals surface area contributed by atoms with Gasteiger partial charge in [-0.05, 0) is 42.8 Å². The molecule has 0 saturated carbocycles. The van der Waals surface area contributed by atoms with Crippen molar-refractivity contribution in [2.75, 3.05) is 22.9 Å². The maximum atomic E-state index is 12.8. The van der Waals surface area contributed by atoms with Gasteiger partial charge in [-0.2, -0.15) is 0 Å². The highest BCUT2D eigenvalue weighted by atomic mass is 35.5. The molecule has 0 saturated heterocycles. The van der Waals surface area contributed by atoms with Gasteiger partial charge in [0.05, 0.1) is 17.9 Å². The average Bonchev–Trinajstić information content (AvgIpc) is 3.19. The van der Waals surface area contributed by atoms with Crippen LogP contribution in [0, 0.1) is 6.92 Å². The van der Waals surface area contributed by atoms with Crippen LogP contribution in [0.3, 0.4) is 0 Å². The number of anilines is 2. The molecule has 0 radical (unpaired) electrons. The van der Waals surface area contributed by atoms with Crippen molar-refractivity contribution in [1.29, 1.82) is 0 Å². The van der Waals surface area contributed by atoms with Crippen molar-refractivity contribution in [2.24, 2.45) is 0 Å². The molecule has 32 heavy (non-hydrogen) atoms. The zero-order valence-electron chi connectivity index (χ0n) is 16.8. The van der Waals surface area contributed by atoms with Gasteiger partial charge in [0.2, 0.25) is 5.13 Å². The summed E-state index contributed by atoms with van der Waals surface area (Å²) in [4.78, 5) is 23.6. The summed E-state index contributed by atoms with van der Waals surface area (Å²) in [7, 11) is -2.75. The molecule has 3 rings (SSSR count). The van der Waals surface area contributed by atoms with E-state index in [1.807, 2.05) is 13.0 Å². The number of thioether (sulfide) groups is 1. The highest BCUT2D eigenvalue weighted by Crippen LogP contribution is 2.28. The van der Waals surface area contributed by atoms with Gasteiger partial charge < -0.3 is 4.74 Å². The number of benzene rings is 2. The number of nitrogens with one attached hydrogen (secondary N) is 2. The van der Waals surface area contributed by atoms with E-state index in [0.717, 1.165) is 28.7 Å². The minimum Gasteiger partial charge on any atom is -0.468 e. The fraction of sp³-hybridized carbons (Fsp3) is 0.158. The Balaban J connectivity index is 1.75. The van der Waals surface area contributed by atoms with Gasteiger partial charge in [0.15, 0.2) is 4.34 Å². The number of methoxy groups -OCH3 is 1. The third kappa shape index (κ3) is 6.19. The second kappa shape index (κ2) is 10.3. The average molecular weight is 513 g/mol. The van der Waals surface area contributed by atoms with Crippen LogP contribution >= 0.6 is 34.7 Å². The molecule has 0 aliphatic heterocycles. The lowest BCUT2D eigenvalue weighted by molar-refractivity contribution is -0.137. The van der Waals surface area contributed by atoms with Crippen LogP contribution in [0.15, 0.2) is 51.7 Å². The van der Waals surface area contributed by atoms with Crippen LogP contribution < -0.4 is 10.0 Å². The van der Waals surface area contributed by atoms with Gasteiger partial charge in [-0.25, -0.2) is 8.42 Å². The number of hydrogen-bond acceptors (Lipinski definition) is 9. The van der Waals surface area contributed by atoms with Crippen LogP contribution in [0.1, 0.15) is 15.9 Å². The number of nitrogens with zero attached hydrogens (tertiary/aromatic N) is 2. The molecule has 1 amide bonds. The number of halogens is 1. The second-order valence-electron chi connectivity index (χ2n) is 6.31. The Morgan fingerprint density at radius 3 is 2.69 bits per heavy atom. The number of ether oxygens (including phenoxy) is 1. The molecule has 1 heterocycles. The lowest BCUT2D eigenvalue weighted by Gasteiger charge is -2.11. The van der Waals surface area contributed by atoms with Crippen molar-refractivity contribution >= 4 is 67.4 Å². The number of carbonyl (C=O) groups excluding carboxylic acids is 2. The number of carbonyl (C=O) groups is 2. The quantitative estimate of drug-likeness (QED) is 0.265. The number of amides is 1. The first kappa shape index (κ1) is 24.0. The molecule has 0 spiro atoms. The van der Waals surface area contributed by atoms with Crippen LogP contribution in [0.4, 0.5) is 10.8 Å². The molecule has 0 atom stereocenters. The first-order chi connectivity index (χ1) is 15.2. The van der Waals surface area contributed by atoms with Crippen molar-refractivity contribution in [3.05, 3.63) is 58.6 Å². The number of esters is 1. The van der Waals surface area contributed by atoms with E-state index in [1.165, 1.54) is 25.3 Å². The normalized spacial score (nSPS) is 11.1. The molecule has 3 aromatic rings. The third-order valence-electron chi connectivity index (χ3n) is 3.92. The molecule has 9 nitrogen and oxygen atoms in total. The summed E-state index contributed by atoms with van der Waals surface area (Å²) in [6, 6.07) is 10.8. The molecule has 0 aliphatic carbocycles. The van der Waals surface area contributed by atoms with Crippen molar-refractivity contribution in [3.63, 3.8) is 0 Å². The van der Waals surface area contributed by atoms with E-state index in [1.54, 1.807) is 18.2 Å². The Kier molecular flexibility index (Phi) is 7.72. The highest BCUT2D eigenvalue weighted by molar-refractivity contribution is 8.01. The minimum atomic E-state index is -4.04. The number of rotatable bonds is 8. The fourth-order valence-corrected chi connectivity index (χ4v) is 5.59. The molecule has 0 aliphatic rings. The van der Waals surface area contributed by atoms with Crippen LogP contribution in [0.2, 0.25) is 5.02 Å². The van der Waals surface area contributed by atoms with Gasteiger partial charge >= 0.3 is 5.97 Å². The Morgan fingerprint density at radius 1 is 1.19 bits per heavy atom. The predicted octanol–water partition coefficient (Wildman–Crippen LogP) is 3.82. The third-order valence-corrected chi connectivity index (χ3v) is 7.73. The number of hydrogen-bond donors (Lipinski definition) is 2. The van der Waals surface area contributed by atoms with E-state index in [0.29, 0.717) is 10.0 Å². The Labute approximate surface area is 197 Å². The van der Waals surface area contributed by atoms with Gasteiger partial charge in [0.1, 0.15) is 4.90 Å². The summed E-state index contributed by atoms with van der Waals surface area (Å²) in [5.74, 6) is -0.940. The zero-order chi connectivity index (χ0) is 23.3. The Morgan fingerprint density at radius 2 is 1.97 bits per heavy atom. The van der Waals surface area contributed by atoms with Crippen LogP contribution in [-0.4, -0.2) is 43.4 Å². The van der Waals surface area contributed by atoms with Crippen LogP contribution in [-0.2, 0) is 19.6 Å². The monoisotopic (exact) mass is 512 g/mol.